The Kier molecular flexibility index (Phi) is 3.99. The lowest BCUT2D eigenvalue weighted by Crippen LogP contribution is -2.09. The SMILES string of the molecule is CC(C)c1cccc(C(=O)c2ccccc2C(=O)O)c1. The van der Waals surface area contributed by atoms with Crippen LogP contribution in [-0.2, 0) is 0 Å². The van der Waals surface area contributed by atoms with Gasteiger partial charge in [-0.15, -0.1) is 0 Å². The molecule has 0 aliphatic rings. The van der Waals surface area contributed by atoms with Crippen LogP contribution in [0.5, 0.6) is 0 Å². The highest BCUT2D eigenvalue weighted by atomic mass is 16.4. The zero-order valence-corrected chi connectivity index (χ0v) is 11.5. The summed E-state index contributed by atoms with van der Waals surface area (Å²) in [6, 6.07) is 13.6. The van der Waals surface area contributed by atoms with Crippen molar-refractivity contribution in [1.82, 2.24) is 0 Å². The fraction of sp³-hybridized carbons (Fsp3) is 0.176. The van der Waals surface area contributed by atoms with E-state index in [-0.39, 0.29) is 16.9 Å². The number of carbonyl (C=O) groups is 2. The van der Waals surface area contributed by atoms with Crippen molar-refractivity contribution in [2.75, 3.05) is 0 Å². The van der Waals surface area contributed by atoms with Gasteiger partial charge in [0.1, 0.15) is 0 Å². The first-order chi connectivity index (χ1) is 9.50. The predicted octanol–water partition coefficient (Wildman–Crippen LogP) is 3.74. The fourth-order valence-corrected chi connectivity index (χ4v) is 2.06. The monoisotopic (exact) mass is 268 g/mol. The Morgan fingerprint density at radius 3 is 2.20 bits per heavy atom. The van der Waals surface area contributed by atoms with Crippen LogP contribution in [-0.4, -0.2) is 16.9 Å². The second-order valence-electron chi connectivity index (χ2n) is 4.96. The molecular formula is C17H16O3. The van der Waals surface area contributed by atoms with E-state index in [4.69, 9.17) is 5.11 Å². The molecule has 1 N–H and O–H groups in total. The van der Waals surface area contributed by atoms with Crippen LogP contribution in [0.25, 0.3) is 0 Å². The summed E-state index contributed by atoms with van der Waals surface area (Å²) in [6.45, 7) is 4.10. The molecule has 102 valence electrons. The van der Waals surface area contributed by atoms with Crippen LogP contribution in [0.2, 0.25) is 0 Å². The van der Waals surface area contributed by atoms with Crippen LogP contribution in [0.4, 0.5) is 0 Å². The Balaban J connectivity index is 2.47. The van der Waals surface area contributed by atoms with Gasteiger partial charge in [-0.05, 0) is 23.6 Å². The molecule has 2 aromatic carbocycles. The molecule has 0 unspecified atom stereocenters. The smallest absolute Gasteiger partial charge is 0.336 e. The summed E-state index contributed by atoms with van der Waals surface area (Å²) < 4.78 is 0. The van der Waals surface area contributed by atoms with E-state index in [2.05, 4.69) is 13.8 Å². The van der Waals surface area contributed by atoms with Gasteiger partial charge in [0.25, 0.3) is 0 Å². The van der Waals surface area contributed by atoms with Crippen LogP contribution in [0.3, 0.4) is 0 Å². The largest absolute Gasteiger partial charge is 0.478 e. The minimum absolute atomic E-state index is 0.0347. The summed E-state index contributed by atoms with van der Waals surface area (Å²) in [5.41, 5.74) is 1.84. The van der Waals surface area contributed by atoms with Crippen molar-refractivity contribution in [3.8, 4) is 0 Å². The second kappa shape index (κ2) is 5.70. The highest BCUT2D eigenvalue weighted by Gasteiger charge is 2.17. The van der Waals surface area contributed by atoms with Crippen molar-refractivity contribution in [3.63, 3.8) is 0 Å². The first-order valence-electron chi connectivity index (χ1n) is 6.47. The third kappa shape index (κ3) is 2.77. The topological polar surface area (TPSA) is 54.4 Å². The molecule has 0 bridgehead atoms. The summed E-state index contributed by atoms with van der Waals surface area (Å²) in [6.07, 6.45) is 0. The molecule has 0 saturated carbocycles. The van der Waals surface area contributed by atoms with E-state index in [1.165, 1.54) is 6.07 Å². The van der Waals surface area contributed by atoms with Crippen molar-refractivity contribution in [2.24, 2.45) is 0 Å². The zero-order chi connectivity index (χ0) is 14.7. The molecule has 0 aliphatic carbocycles. The maximum absolute atomic E-state index is 12.5. The number of hydrogen-bond donors (Lipinski definition) is 1. The van der Waals surface area contributed by atoms with Gasteiger partial charge in [-0.1, -0.05) is 50.2 Å². The van der Waals surface area contributed by atoms with Gasteiger partial charge in [0.2, 0.25) is 0 Å². The predicted molar refractivity (Wildman–Crippen MR) is 77.4 cm³/mol. The summed E-state index contributed by atoms with van der Waals surface area (Å²) in [5.74, 6) is -1.03. The Labute approximate surface area is 117 Å². The van der Waals surface area contributed by atoms with Crippen LogP contribution in [0.1, 0.15) is 51.6 Å². The number of carboxylic acid groups (broad SMARTS) is 1. The van der Waals surface area contributed by atoms with Gasteiger partial charge in [-0.2, -0.15) is 0 Å². The maximum Gasteiger partial charge on any atom is 0.336 e. The summed E-state index contributed by atoms with van der Waals surface area (Å²) in [4.78, 5) is 23.7. The first kappa shape index (κ1) is 14.0. The number of hydrogen-bond acceptors (Lipinski definition) is 2. The van der Waals surface area contributed by atoms with Crippen LogP contribution in [0, 0.1) is 0 Å². The van der Waals surface area contributed by atoms with E-state index < -0.39 is 5.97 Å². The molecule has 20 heavy (non-hydrogen) atoms. The van der Waals surface area contributed by atoms with Gasteiger partial charge >= 0.3 is 5.97 Å². The Morgan fingerprint density at radius 2 is 1.60 bits per heavy atom. The number of rotatable bonds is 4. The van der Waals surface area contributed by atoms with Gasteiger partial charge in [0.05, 0.1) is 5.56 Å². The summed E-state index contributed by atoms with van der Waals surface area (Å²) in [5, 5.41) is 9.15. The van der Waals surface area contributed by atoms with E-state index in [1.54, 1.807) is 24.3 Å². The molecule has 0 amide bonds. The van der Waals surface area contributed by atoms with Crippen LogP contribution in [0.15, 0.2) is 48.5 Å². The molecule has 0 saturated heterocycles. The number of aromatic carboxylic acids is 1. The molecule has 0 heterocycles. The number of carboxylic acids is 1. The Morgan fingerprint density at radius 1 is 0.950 bits per heavy atom. The standard InChI is InChI=1S/C17H16O3/c1-11(2)12-6-5-7-13(10-12)16(18)14-8-3-4-9-15(14)17(19)20/h3-11H,1-2H3,(H,19,20). The van der Waals surface area contributed by atoms with E-state index in [9.17, 15) is 9.59 Å². The van der Waals surface area contributed by atoms with Crippen molar-refractivity contribution in [2.45, 2.75) is 19.8 Å². The van der Waals surface area contributed by atoms with Gasteiger partial charge in [-0.3, -0.25) is 4.79 Å². The molecule has 2 rings (SSSR count). The molecule has 0 fully saturated rings. The van der Waals surface area contributed by atoms with Gasteiger partial charge in [-0.25, -0.2) is 4.79 Å². The minimum Gasteiger partial charge on any atom is -0.478 e. The fourth-order valence-electron chi connectivity index (χ4n) is 2.06. The minimum atomic E-state index is -1.09. The number of benzene rings is 2. The molecule has 0 aliphatic heterocycles. The van der Waals surface area contributed by atoms with E-state index >= 15 is 0 Å². The lowest BCUT2D eigenvalue weighted by Gasteiger charge is -2.09. The second-order valence-corrected chi connectivity index (χ2v) is 4.96. The highest BCUT2D eigenvalue weighted by Crippen LogP contribution is 2.19. The molecule has 0 aromatic heterocycles. The van der Waals surface area contributed by atoms with Crippen molar-refractivity contribution in [1.29, 1.82) is 0 Å². The molecule has 2 aromatic rings. The first-order valence-corrected chi connectivity index (χ1v) is 6.47. The third-order valence-corrected chi connectivity index (χ3v) is 3.22. The van der Waals surface area contributed by atoms with Crippen molar-refractivity contribution >= 4 is 11.8 Å². The van der Waals surface area contributed by atoms with E-state index in [0.29, 0.717) is 11.5 Å². The Hall–Kier alpha value is -2.42. The lowest BCUT2D eigenvalue weighted by molar-refractivity contribution is 0.0693. The van der Waals surface area contributed by atoms with Gasteiger partial charge < -0.3 is 5.11 Å². The molecule has 0 spiro atoms. The number of ketones is 1. The summed E-state index contributed by atoms with van der Waals surface area (Å²) in [7, 11) is 0. The maximum atomic E-state index is 12.5. The van der Waals surface area contributed by atoms with Crippen LogP contribution >= 0.6 is 0 Å². The molecule has 0 radical (unpaired) electrons. The average molecular weight is 268 g/mol. The average Bonchev–Trinajstić information content (AvgIpc) is 2.46. The quantitative estimate of drug-likeness (QED) is 0.859. The molecular weight excluding hydrogens is 252 g/mol. The van der Waals surface area contributed by atoms with Crippen molar-refractivity contribution in [3.05, 3.63) is 70.8 Å². The van der Waals surface area contributed by atoms with Crippen LogP contribution < -0.4 is 0 Å². The lowest BCUT2D eigenvalue weighted by atomic mass is 9.94. The van der Waals surface area contributed by atoms with Crippen molar-refractivity contribution < 1.29 is 14.7 Å². The zero-order valence-electron chi connectivity index (χ0n) is 11.5. The summed E-state index contributed by atoms with van der Waals surface area (Å²) >= 11 is 0. The normalized spacial score (nSPS) is 10.6. The number of carbonyl (C=O) groups excluding carboxylic acids is 1. The van der Waals surface area contributed by atoms with Gasteiger partial charge in [0, 0.05) is 11.1 Å². The van der Waals surface area contributed by atoms with E-state index in [0.717, 1.165) is 5.56 Å². The van der Waals surface area contributed by atoms with E-state index in [1.807, 2.05) is 18.2 Å². The molecule has 3 nitrogen and oxygen atoms in total. The third-order valence-electron chi connectivity index (χ3n) is 3.22. The molecule has 3 heteroatoms. The van der Waals surface area contributed by atoms with Gasteiger partial charge in [0.15, 0.2) is 5.78 Å². The molecule has 0 atom stereocenters. The Bertz CT molecular complexity index is 657. The highest BCUT2D eigenvalue weighted by molar-refractivity contribution is 6.14.